The summed E-state index contributed by atoms with van der Waals surface area (Å²) in [5, 5.41) is 12.4. The monoisotopic (exact) mass is 328 g/mol. The van der Waals surface area contributed by atoms with E-state index in [0.29, 0.717) is 6.42 Å². The molecule has 0 aromatic carbocycles. The van der Waals surface area contributed by atoms with Crippen molar-refractivity contribution in [3.05, 3.63) is 15.9 Å². The number of aromatic nitrogens is 2. The molecule has 0 bridgehead atoms. The molecule has 1 rings (SSSR count). The normalized spacial score (nSPS) is 13.7. The molecule has 0 spiro atoms. The average Bonchev–Trinajstić information content (AvgIpc) is 2.52. The van der Waals surface area contributed by atoms with Crippen molar-refractivity contribution in [2.75, 3.05) is 0 Å². The molecule has 0 aliphatic heterocycles. The molecule has 102 valence electrons. The Labute approximate surface area is 110 Å². The van der Waals surface area contributed by atoms with Gasteiger partial charge in [-0.3, -0.25) is 4.68 Å². The number of halogens is 4. The second-order valence-electron chi connectivity index (χ2n) is 3.83. The summed E-state index contributed by atoms with van der Waals surface area (Å²) in [6.07, 6.45) is -3.85. The van der Waals surface area contributed by atoms with Crippen LogP contribution in [0.15, 0.2) is 4.47 Å². The summed E-state index contributed by atoms with van der Waals surface area (Å²) in [5.74, 6) is -1.19. The van der Waals surface area contributed by atoms with Gasteiger partial charge in [0.2, 0.25) is 0 Å². The van der Waals surface area contributed by atoms with Gasteiger partial charge in [-0.1, -0.05) is 13.3 Å². The van der Waals surface area contributed by atoms with Crippen molar-refractivity contribution in [3.8, 4) is 0 Å². The first-order chi connectivity index (χ1) is 8.20. The molecule has 0 saturated carbocycles. The number of hydrogen-bond acceptors (Lipinski definition) is 2. The van der Waals surface area contributed by atoms with E-state index >= 15 is 0 Å². The molecule has 0 aliphatic carbocycles. The van der Waals surface area contributed by atoms with Crippen molar-refractivity contribution in [3.63, 3.8) is 0 Å². The average molecular weight is 329 g/mol. The molecule has 0 radical (unpaired) electrons. The molecule has 1 aromatic rings. The number of aliphatic carboxylic acids is 1. The lowest BCUT2D eigenvalue weighted by atomic mass is 10.1. The van der Waals surface area contributed by atoms with Gasteiger partial charge in [-0.2, -0.15) is 18.3 Å². The van der Waals surface area contributed by atoms with Crippen LogP contribution in [0.1, 0.15) is 37.2 Å². The second-order valence-corrected chi connectivity index (χ2v) is 4.63. The third-order valence-corrected chi connectivity index (χ3v) is 3.44. The summed E-state index contributed by atoms with van der Waals surface area (Å²) in [6, 6.07) is -1.08. The minimum Gasteiger partial charge on any atom is -0.480 e. The Balaban J connectivity index is 3.29. The van der Waals surface area contributed by atoms with E-state index in [1.165, 1.54) is 6.92 Å². The number of rotatable bonds is 4. The fourth-order valence-corrected chi connectivity index (χ4v) is 2.09. The lowest BCUT2D eigenvalue weighted by Crippen LogP contribution is -2.21. The first-order valence-electron chi connectivity index (χ1n) is 5.24. The Morgan fingerprint density at radius 2 is 2.11 bits per heavy atom. The highest BCUT2D eigenvalue weighted by Crippen LogP contribution is 2.36. The van der Waals surface area contributed by atoms with E-state index in [1.54, 1.807) is 6.92 Å². The van der Waals surface area contributed by atoms with Crippen LogP contribution in [0.2, 0.25) is 0 Å². The van der Waals surface area contributed by atoms with E-state index in [0.717, 1.165) is 4.68 Å². The molecule has 1 atom stereocenters. The van der Waals surface area contributed by atoms with Gasteiger partial charge in [-0.15, -0.1) is 0 Å². The number of carboxylic acid groups (broad SMARTS) is 1. The summed E-state index contributed by atoms with van der Waals surface area (Å²) < 4.78 is 38.6. The van der Waals surface area contributed by atoms with Crippen molar-refractivity contribution in [2.24, 2.45) is 0 Å². The molecule has 18 heavy (non-hydrogen) atoms. The van der Waals surface area contributed by atoms with Crippen LogP contribution in [0.3, 0.4) is 0 Å². The standard InChI is InChI=1S/C10H12BrF3N2O2/c1-3-4-6(9(17)18)16-5(2)7(11)8(15-16)10(12,13)14/h6H,3-4H2,1-2H3,(H,17,18). The van der Waals surface area contributed by atoms with E-state index < -0.39 is 23.9 Å². The van der Waals surface area contributed by atoms with Gasteiger partial charge in [0.25, 0.3) is 0 Å². The van der Waals surface area contributed by atoms with Crippen molar-refractivity contribution < 1.29 is 23.1 Å². The van der Waals surface area contributed by atoms with Gasteiger partial charge in [0, 0.05) is 0 Å². The molecule has 4 nitrogen and oxygen atoms in total. The predicted molar refractivity (Wildman–Crippen MR) is 61.2 cm³/mol. The minimum atomic E-state index is -4.61. The van der Waals surface area contributed by atoms with E-state index in [9.17, 15) is 18.0 Å². The van der Waals surface area contributed by atoms with Gasteiger partial charge in [0.05, 0.1) is 10.2 Å². The van der Waals surface area contributed by atoms with E-state index in [-0.39, 0.29) is 16.6 Å². The van der Waals surface area contributed by atoms with Gasteiger partial charge < -0.3 is 5.11 Å². The van der Waals surface area contributed by atoms with Crippen LogP contribution >= 0.6 is 15.9 Å². The molecule has 0 fully saturated rings. The van der Waals surface area contributed by atoms with Crippen LogP contribution in [0.5, 0.6) is 0 Å². The number of alkyl halides is 3. The maximum atomic E-state index is 12.6. The fraction of sp³-hybridized carbons (Fsp3) is 0.600. The van der Waals surface area contributed by atoms with E-state index in [2.05, 4.69) is 21.0 Å². The third kappa shape index (κ3) is 2.85. The Hall–Kier alpha value is -1.05. The SMILES string of the molecule is CCCC(C(=O)O)n1nc(C(F)(F)F)c(Br)c1C. The smallest absolute Gasteiger partial charge is 0.436 e. The fourth-order valence-electron chi connectivity index (χ4n) is 1.61. The van der Waals surface area contributed by atoms with Crippen LogP contribution in [0, 0.1) is 6.92 Å². The molecule has 0 aliphatic rings. The zero-order valence-electron chi connectivity index (χ0n) is 9.75. The lowest BCUT2D eigenvalue weighted by molar-refractivity contribution is -0.145. The minimum absolute atomic E-state index is 0.156. The van der Waals surface area contributed by atoms with Crippen molar-refractivity contribution in [2.45, 2.75) is 38.9 Å². The second kappa shape index (κ2) is 5.29. The van der Waals surface area contributed by atoms with Crippen LogP contribution in [-0.2, 0) is 11.0 Å². The van der Waals surface area contributed by atoms with Gasteiger partial charge >= 0.3 is 12.1 Å². The highest BCUT2D eigenvalue weighted by Gasteiger charge is 2.39. The zero-order chi connectivity index (χ0) is 14.1. The molecule has 1 heterocycles. The number of nitrogens with zero attached hydrogens (tertiary/aromatic N) is 2. The summed E-state index contributed by atoms with van der Waals surface area (Å²) in [4.78, 5) is 11.1. The molecule has 1 aromatic heterocycles. The molecule has 0 amide bonds. The van der Waals surface area contributed by atoms with Crippen molar-refractivity contribution in [1.29, 1.82) is 0 Å². The summed E-state index contributed by atoms with van der Waals surface area (Å²) in [7, 11) is 0. The lowest BCUT2D eigenvalue weighted by Gasteiger charge is -2.13. The van der Waals surface area contributed by atoms with Crippen LogP contribution in [0.4, 0.5) is 13.2 Å². The number of carbonyl (C=O) groups is 1. The van der Waals surface area contributed by atoms with E-state index in [4.69, 9.17) is 5.11 Å². The highest BCUT2D eigenvalue weighted by atomic mass is 79.9. The highest BCUT2D eigenvalue weighted by molar-refractivity contribution is 9.10. The summed E-state index contributed by atoms with van der Waals surface area (Å²) in [6.45, 7) is 3.16. The Morgan fingerprint density at radius 3 is 2.44 bits per heavy atom. The Bertz CT molecular complexity index is 457. The van der Waals surface area contributed by atoms with Crippen molar-refractivity contribution >= 4 is 21.9 Å². The third-order valence-electron chi connectivity index (χ3n) is 2.49. The molecular formula is C10H12BrF3N2O2. The molecule has 1 unspecified atom stereocenters. The summed E-state index contributed by atoms with van der Waals surface area (Å²) >= 11 is 2.81. The zero-order valence-corrected chi connectivity index (χ0v) is 11.3. The quantitative estimate of drug-likeness (QED) is 0.921. The molecule has 8 heteroatoms. The molecular weight excluding hydrogens is 317 g/mol. The van der Waals surface area contributed by atoms with Crippen molar-refractivity contribution in [1.82, 2.24) is 9.78 Å². The number of carboxylic acids is 1. The predicted octanol–water partition coefficient (Wildman–Crippen LogP) is 3.40. The largest absolute Gasteiger partial charge is 0.480 e. The first-order valence-corrected chi connectivity index (χ1v) is 6.04. The topological polar surface area (TPSA) is 55.1 Å². The molecule has 1 N–H and O–H groups in total. The summed E-state index contributed by atoms with van der Waals surface area (Å²) in [5.41, 5.74) is -0.939. The Morgan fingerprint density at radius 1 is 1.56 bits per heavy atom. The van der Waals surface area contributed by atoms with E-state index in [1.807, 2.05) is 0 Å². The first kappa shape index (κ1) is 15.0. The molecule has 0 saturated heterocycles. The van der Waals surface area contributed by atoms with Gasteiger partial charge in [-0.25, -0.2) is 4.79 Å². The van der Waals surface area contributed by atoms with Gasteiger partial charge in [-0.05, 0) is 29.3 Å². The van der Waals surface area contributed by atoms with Gasteiger partial charge in [0.1, 0.15) is 6.04 Å². The number of hydrogen-bond donors (Lipinski definition) is 1. The van der Waals surface area contributed by atoms with Crippen LogP contribution in [0.25, 0.3) is 0 Å². The maximum Gasteiger partial charge on any atom is 0.436 e. The maximum absolute atomic E-state index is 12.6. The van der Waals surface area contributed by atoms with Gasteiger partial charge in [0.15, 0.2) is 5.69 Å². The van der Waals surface area contributed by atoms with Crippen LogP contribution in [-0.4, -0.2) is 20.9 Å². The van der Waals surface area contributed by atoms with Crippen LogP contribution < -0.4 is 0 Å². The Kier molecular flexibility index (Phi) is 4.41.